The molecule has 6 heteroatoms. The first-order chi connectivity index (χ1) is 11.8. The monoisotopic (exact) mass is 330 g/mol. The van der Waals surface area contributed by atoms with Gasteiger partial charge in [0.2, 0.25) is 0 Å². The van der Waals surface area contributed by atoms with Crippen LogP contribution in [0.3, 0.4) is 0 Å². The van der Waals surface area contributed by atoms with Crippen LogP contribution in [0.4, 0.5) is 4.79 Å². The second kappa shape index (κ2) is 8.57. The van der Waals surface area contributed by atoms with Gasteiger partial charge in [-0.3, -0.25) is 0 Å². The minimum absolute atomic E-state index is 0.0739. The number of hydrogen-bond acceptors (Lipinski definition) is 3. The molecule has 0 aromatic carbocycles. The summed E-state index contributed by atoms with van der Waals surface area (Å²) in [5.41, 5.74) is 0. The van der Waals surface area contributed by atoms with Gasteiger partial charge in [0.05, 0.1) is 12.6 Å². The molecule has 1 fully saturated rings. The highest BCUT2D eigenvalue weighted by Crippen LogP contribution is 2.20. The van der Waals surface area contributed by atoms with E-state index < -0.39 is 0 Å². The summed E-state index contributed by atoms with van der Waals surface area (Å²) in [4.78, 5) is 18.6. The first-order valence-corrected chi connectivity index (χ1v) is 8.85. The number of rotatable bonds is 7. The molecular weight excluding hydrogens is 304 g/mol. The number of amides is 2. The van der Waals surface area contributed by atoms with Crippen molar-refractivity contribution < 1.29 is 9.21 Å². The van der Waals surface area contributed by atoms with Crippen LogP contribution in [0, 0.1) is 0 Å². The van der Waals surface area contributed by atoms with E-state index in [1.165, 1.54) is 6.42 Å². The molecule has 1 aliphatic rings. The van der Waals surface area contributed by atoms with Gasteiger partial charge in [-0.1, -0.05) is 0 Å². The Morgan fingerprint density at radius 2 is 2.38 bits per heavy atom. The molecule has 0 saturated carbocycles. The summed E-state index contributed by atoms with van der Waals surface area (Å²) in [6.07, 6.45) is 13.4. The molecule has 3 rings (SSSR count). The lowest BCUT2D eigenvalue weighted by Crippen LogP contribution is -2.49. The van der Waals surface area contributed by atoms with Crippen LogP contribution >= 0.6 is 0 Å². The molecule has 2 aromatic rings. The predicted octanol–water partition coefficient (Wildman–Crippen LogP) is 3.06. The molecule has 2 aromatic heterocycles. The first-order valence-electron chi connectivity index (χ1n) is 8.85. The molecule has 0 unspecified atom stereocenters. The van der Waals surface area contributed by atoms with Gasteiger partial charge < -0.3 is 19.2 Å². The Hall–Kier alpha value is -2.24. The van der Waals surface area contributed by atoms with Crippen LogP contribution in [0.25, 0.3) is 0 Å². The average molecular weight is 330 g/mol. The summed E-state index contributed by atoms with van der Waals surface area (Å²) >= 11 is 0. The predicted molar refractivity (Wildman–Crippen MR) is 91.6 cm³/mol. The van der Waals surface area contributed by atoms with Crippen molar-refractivity contribution in [1.82, 2.24) is 19.8 Å². The maximum Gasteiger partial charge on any atom is 0.317 e. The summed E-state index contributed by atoms with van der Waals surface area (Å²) < 4.78 is 7.39. The van der Waals surface area contributed by atoms with E-state index >= 15 is 0 Å². The van der Waals surface area contributed by atoms with E-state index in [2.05, 4.69) is 14.9 Å². The fourth-order valence-corrected chi connectivity index (χ4v) is 3.30. The Bertz CT molecular complexity index is 595. The number of nitrogens with one attached hydrogen (secondary N) is 1. The number of urea groups is 1. The van der Waals surface area contributed by atoms with Gasteiger partial charge in [0.25, 0.3) is 0 Å². The highest BCUT2D eigenvalue weighted by Gasteiger charge is 2.26. The summed E-state index contributed by atoms with van der Waals surface area (Å²) in [5.74, 6) is 0.973. The van der Waals surface area contributed by atoms with Gasteiger partial charge in [0, 0.05) is 44.5 Å². The van der Waals surface area contributed by atoms with Crippen molar-refractivity contribution in [3.63, 3.8) is 0 Å². The lowest BCUT2D eigenvalue weighted by Gasteiger charge is -2.36. The molecule has 2 amide bonds. The van der Waals surface area contributed by atoms with Crippen molar-refractivity contribution in [1.29, 1.82) is 0 Å². The third kappa shape index (κ3) is 4.63. The van der Waals surface area contributed by atoms with Gasteiger partial charge in [0.1, 0.15) is 5.76 Å². The molecule has 1 N–H and O–H groups in total. The molecule has 1 saturated heterocycles. The van der Waals surface area contributed by atoms with Crippen molar-refractivity contribution >= 4 is 6.03 Å². The Morgan fingerprint density at radius 1 is 1.42 bits per heavy atom. The molecule has 24 heavy (non-hydrogen) atoms. The average Bonchev–Trinajstić information content (AvgIpc) is 3.30. The van der Waals surface area contributed by atoms with Gasteiger partial charge in [-0.05, 0) is 44.2 Å². The zero-order valence-corrected chi connectivity index (χ0v) is 14.1. The van der Waals surface area contributed by atoms with E-state index in [4.69, 9.17) is 4.42 Å². The van der Waals surface area contributed by atoms with E-state index in [0.717, 1.165) is 51.0 Å². The molecule has 3 heterocycles. The Balaban J connectivity index is 1.42. The van der Waals surface area contributed by atoms with E-state index in [1.807, 2.05) is 29.6 Å². The van der Waals surface area contributed by atoms with Crippen LogP contribution in [-0.4, -0.2) is 39.6 Å². The number of carbonyl (C=O) groups is 1. The molecule has 130 valence electrons. The number of aryl methyl sites for hydroxylation is 2. The summed E-state index contributed by atoms with van der Waals surface area (Å²) in [6.45, 7) is 2.45. The third-order valence-corrected chi connectivity index (χ3v) is 4.62. The fourth-order valence-electron chi connectivity index (χ4n) is 3.30. The van der Waals surface area contributed by atoms with Crippen LogP contribution in [-0.2, 0) is 13.0 Å². The maximum atomic E-state index is 12.5. The van der Waals surface area contributed by atoms with Gasteiger partial charge in [-0.25, -0.2) is 9.78 Å². The third-order valence-electron chi connectivity index (χ3n) is 4.62. The largest absolute Gasteiger partial charge is 0.469 e. The summed E-state index contributed by atoms with van der Waals surface area (Å²) in [6, 6.07) is 4.27. The lowest BCUT2D eigenvalue weighted by atomic mass is 10.00. The van der Waals surface area contributed by atoms with Gasteiger partial charge in [-0.15, -0.1) is 0 Å². The Labute approximate surface area is 142 Å². The summed E-state index contributed by atoms with van der Waals surface area (Å²) in [7, 11) is 0. The zero-order valence-electron chi connectivity index (χ0n) is 14.1. The van der Waals surface area contributed by atoms with E-state index in [9.17, 15) is 4.79 Å². The number of piperidine rings is 1. The molecular formula is C18H26N4O2. The smallest absolute Gasteiger partial charge is 0.317 e. The van der Waals surface area contributed by atoms with Gasteiger partial charge in [-0.2, -0.15) is 0 Å². The molecule has 1 atom stereocenters. The number of nitrogens with zero attached hydrogens (tertiary/aromatic N) is 3. The lowest BCUT2D eigenvalue weighted by molar-refractivity contribution is 0.144. The van der Waals surface area contributed by atoms with E-state index in [-0.39, 0.29) is 6.03 Å². The number of furan rings is 1. The van der Waals surface area contributed by atoms with Crippen LogP contribution in [0.15, 0.2) is 41.5 Å². The van der Waals surface area contributed by atoms with Crippen LogP contribution in [0.1, 0.15) is 37.9 Å². The topological polar surface area (TPSA) is 63.3 Å². The quantitative estimate of drug-likeness (QED) is 0.794. The molecule has 0 radical (unpaired) electrons. The SMILES string of the molecule is O=C(NCCCc1ccco1)N1CCCC[C@@H]1CCn1ccnc1. The Kier molecular flexibility index (Phi) is 5.93. The van der Waals surface area contributed by atoms with Crippen molar-refractivity contribution in [2.45, 2.75) is 51.1 Å². The number of imidazole rings is 1. The van der Waals surface area contributed by atoms with Crippen molar-refractivity contribution in [3.05, 3.63) is 42.9 Å². The molecule has 0 spiro atoms. The first kappa shape index (κ1) is 16.6. The van der Waals surface area contributed by atoms with E-state index in [1.54, 1.807) is 12.5 Å². The van der Waals surface area contributed by atoms with Gasteiger partial charge in [0.15, 0.2) is 0 Å². The number of hydrogen-bond donors (Lipinski definition) is 1. The number of likely N-dealkylation sites (tertiary alicyclic amines) is 1. The Morgan fingerprint density at radius 3 is 3.17 bits per heavy atom. The minimum Gasteiger partial charge on any atom is -0.469 e. The number of aromatic nitrogens is 2. The van der Waals surface area contributed by atoms with Crippen LogP contribution < -0.4 is 5.32 Å². The molecule has 0 aliphatic carbocycles. The molecule has 0 bridgehead atoms. The van der Waals surface area contributed by atoms with E-state index in [0.29, 0.717) is 12.6 Å². The van der Waals surface area contributed by atoms with Crippen LogP contribution in [0.5, 0.6) is 0 Å². The highest BCUT2D eigenvalue weighted by atomic mass is 16.3. The summed E-state index contributed by atoms with van der Waals surface area (Å²) in [5, 5.41) is 3.06. The van der Waals surface area contributed by atoms with Crippen molar-refractivity contribution in [3.8, 4) is 0 Å². The van der Waals surface area contributed by atoms with Gasteiger partial charge >= 0.3 is 6.03 Å². The number of carbonyl (C=O) groups excluding carboxylic acids is 1. The normalized spacial score (nSPS) is 17.8. The fraction of sp³-hybridized carbons (Fsp3) is 0.556. The zero-order chi connectivity index (χ0) is 16.6. The van der Waals surface area contributed by atoms with Crippen molar-refractivity contribution in [2.75, 3.05) is 13.1 Å². The second-order valence-corrected chi connectivity index (χ2v) is 6.35. The van der Waals surface area contributed by atoms with Crippen molar-refractivity contribution in [2.24, 2.45) is 0 Å². The standard InChI is InChI=1S/C18H26N4O2/c23-18(20-9-3-6-17-7-4-14-24-17)22-11-2-1-5-16(22)8-12-21-13-10-19-15-21/h4,7,10,13-16H,1-3,5-6,8-9,11-12H2,(H,20,23)/t16-/m1/s1. The highest BCUT2D eigenvalue weighted by molar-refractivity contribution is 5.74. The van der Waals surface area contributed by atoms with Crippen LogP contribution in [0.2, 0.25) is 0 Å². The second-order valence-electron chi connectivity index (χ2n) is 6.35. The maximum absolute atomic E-state index is 12.5. The molecule has 1 aliphatic heterocycles. The molecule has 6 nitrogen and oxygen atoms in total. The minimum atomic E-state index is 0.0739.